The first kappa shape index (κ1) is 13.6. The van der Waals surface area contributed by atoms with Gasteiger partial charge in [-0.1, -0.05) is 0 Å². The molecule has 17 heavy (non-hydrogen) atoms. The third kappa shape index (κ3) is 4.12. The van der Waals surface area contributed by atoms with Crippen LogP contribution in [0.2, 0.25) is 0 Å². The molecule has 0 atom stereocenters. The normalized spacial score (nSPS) is 11.2. The highest BCUT2D eigenvalue weighted by Gasteiger charge is 2.12. The molecule has 0 aliphatic carbocycles. The maximum atomic E-state index is 11.5. The number of carbonyl (C=O) groups is 1. The fraction of sp³-hybridized carbons (Fsp3) is 0.400. The van der Waals surface area contributed by atoms with Gasteiger partial charge in [0.15, 0.2) is 0 Å². The van der Waals surface area contributed by atoms with E-state index >= 15 is 0 Å². The summed E-state index contributed by atoms with van der Waals surface area (Å²) in [5.74, 6) is -0.609. The summed E-state index contributed by atoms with van der Waals surface area (Å²) >= 11 is 0. The number of amides is 1. The summed E-state index contributed by atoms with van der Waals surface area (Å²) in [5, 5.41) is 2.58. The largest absolute Gasteiger partial charge is 0.351 e. The molecule has 0 bridgehead atoms. The number of pyridine rings is 1. The zero-order chi connectivity index (χ0) is 12.9. The number of hydrogen-bond donors (Lipinski definition) is 1. The zero-order valence-corrected chi connectivity index (χ0v) is 10.5. The molecule has 0 fully saturated rings. The average Bonchev–Trinajstić information content (AvgIpc) is 2.29. The Balaban J connectivity index is 2.90. The summed E-state index contributed by atoms with van der Waals surface area (Å²) < 4.78 is 26.8. The van der Waals surface area contributed by atoms with Crippen molar-refractivity contribution in [3.05, 3.63) is 29.6 Å². The van der Waals surface area contributed by atoms with E-state index in [0.717, 1.165) is 7.11 Å². The van der Waals surface area contributed by atoms with Gasteiger partial charge in [0.25, 0.3) is 16.0 Å². The van der Waals surface area contributed by atoms with Crippen molar-refractivity contribution in [2.45, 2.75) is 12.7 Å². The van der Waals surface area contributed by atoms with Gasteiger partial charge in [0.1, 0.15) is 11.4 Å². The SMILES string of the molecule is CCNC(=O)c1cc(CS(=O)(=O)OC)ccn1. The van der Waals surface area contributed by atoms with Crippen LogP contribution in [0.25, 0.3) is 0 Å². The Morgan fingerprint density at radius 3 is 2.82 bits per heavy atom. The van der Waals surface area contributed by atoms with E-state index in [2.05, 4.69) is 14.5 Å². The summed E-state index contributed by atoms with van der Waals surface area (Å²) in [6.45, 7) is 2.28. The van der Waals surface area contributed by atoms with Crippen molar-refractivity contribution in [2.24, 2.45) is 0 Å². The van der Waals surface area contributed by atoms with Crippen molar-refractivity contribution in [1.82, 2.24) is 10.3 Å². The van der Waals surface area contributed by atoms with Crippen LogP contribution in [0.1, 0.15) is 23.0 Å². The number of nitrogens with one attached hydrogen (secondary N) is 1. The molecule has 0 unspecified atom stereocenters. The van der Waals surface area contributed by atoms with Gasteiger partial charge in [-0.05, 0) is 24.6 Å². The van der Waals surface area contributed by atoms with E-state index in [1.54, 1.807) is 6.92 Å². The number of carbonyl (C=O) groups excluding carboxylic acids is 1. The minimum atomic E-state index is -3.59. The first-order valence-corrected chi connectivity index (χ1v) is 6.57. The molecule has 0 saturated carbocycles. The van der Waals surface area contributed by atoms with E-state index in [9.17, 15) is 13.2 Å². The molecule has 1 amide bonds. The summed E-state index contributed by atoms with van der Waals surface area (Å²) in [4.78, 5) is 15.3. The maximum absolute atomic E-state index is 11.5. The van der Waals surface area contributed by atoms with Gasteiger partial charge >= 0.3 is 0 Å². The van der Waals surface area contributed by atoms with Crippen molar-refractivity contribution >= 4 is 16.0 Å². The molecule has 1 heterocycles. The lowest BCUT2D eigenvalue weighted by Crippen LogP contribution is -2.23. The molecule has 1 aromatic rings. The molecule has 6 nitrogen and oxygen atoms in total. The third-order valence-corrected chi connectivity index (χ3v) is 3.19. The second-order valence-corrected chi connectivity index (χ2v) is 5.01. The monoisotopic (exact) mass is 258 g/mol. The Kier molecular flexibility index (Phi) is 4.59. The van der Waals surface area contributed by atoms with Crippen molar-refractivity contribution in [3.8, 4) is 0 Å². The van der Waals surface area contributed by atoms with Gasteiger partial charge in [0, 0.05) is 12.7 Å². The molecule has 0 aliphatic rings. The second kappa shape index (κ2) is 5.74. The Hall–Kier alpha value is -1.47. The fourth-order valence-corrected chi connectivity index (χ4v) is 1.91. The molecule has 0 saturated heterocycles. The predicted octanol–water partition coefficient (Wildman–Crippen LogP) is 0.307. The van der Waals surface area contributed by atoms with Gasteiger partial charge in [0.2, 0.25) is 0 Å². The minimum Gasteiger partial charge on any atom is -0.351 e. The van der Waals surface area contributed by atoms with Crippen molar-refractivity contribution < 1.29 is 17.4 Å². The van der Waals surface area contributed by atoms with Gasteiger partial charge in [-0.15, -0.1) is 0 Å². The third-order valence-electron chi connectivity index (χ3n) is 1.99. The fourth-order valence-electron chi connectivity index (χ4n) is 1.20. The van der Waals surface area contributed by atoms with Gasteiger partial charge in [-0.25, -0.2) is 0 Å². The lowest BCUT2D eigenvalue weighted by Gasteiger charge is -2.04. The van der Waals surface area contributed by atoms with Crippen LogP contribution >= 0.6 is 0 Å². The standard InChI is InChI=1S/C10H14N2O4S/c1-3-11-10(13)9-6-8(4-5-12-9)7-17(14,15)16-2/h4-6H,3,7H2,1-2H3,(H,11,13). The number of hydrogen-bond acceptors (Lipinski definition) is 5. The van der Waals surface area contributed by atoms with Crippen LogP contribution in [0, 0.1) is 0 Å². The zero-order valence-electron chi connectivity index (χ0n) is 9.63. The van der Waals surface area contributed by atoms with Gasteiger partial charge in [-0.2, -0.15) is 8.42 Å². The molecule has 1 N–H and O–H groups in total. The lowest BCUT2D eigenvalue weighted by atomic mass is 10.2. The first-order valence-electron chi connectivity index (χ1n) is 5.00. The lowest BCUT2D eigenvalue weighted by molar-refractivity contribution is 0.0950. The maximum Gasteiger partial charge on any atom is 0.271 e. The van der Waals surface area contributed by atoms with E-state index in [1.165, 1.54) is 18.3 Å². The number of rotatable bonds is 5. The summed E-state index contributed by atoms with van der Waals surface area (Å²) in [7, 11) is -2.49. The van der Waals surface area contributed by atoms with Crippen LogP contribution in [0.15, 0.2) is 18.3 Å². The molecule has 1 rings (SSSR count). The Morgan fingerprint density at radius 2 is 2.24 bits per heavy atom. The topological polar surface area (TPSA) is 85.4 Å². The summed E-state index contributed by atoms with van der Waals surface area (Å²) in [6, 6.07) is 2.96. The molecule has 1 aromatic heterocycles. The highest BCUT2D eigenvalue weighted by molar-refractivity contribution is 7.85. The average molecular weight is 258 g/mol. The van der Waals surface area contributed by atoms with Gasteiger partial charge in [0.05, 0.1) is 7.11 Å². The first-order chi connectivity index (χ1) is 7.98. The van der Waals surface area contributed by atoms with Crippen molar-refractivity contribution in [3.63, 3.8) is 0 Å². The second-order valence-electron chi connectivity index (χ2n) is 3.28. The molecule has 0 aliphatic heterocycles. The highest BCUT2D eigenvalue weighted by Crippen LogP contribution is 2.08. The molecular formula is C10H14N2O4S. The quantitative estimate of drug-likeness (QED) is 0.768. The van der Waals surface area contributed by atoms with Crippen molar-refractivity contribution in [2.75, 3.05) is 13.7 Å². The van der Waals surface area contributed by atoms with E-state index in [4.69, 9.17) is 0 Å². The summed E-state index contributed by atoms with van der Waals surface area (Å²) in [5.41, 5.74) is 0.652. The minimum absolute atomic E-state index is 0.190. The van der Waals surface area contributed by atoms with Gasteiger partial charge < -0.3 is 5.32 Å². The number of aromatic nitrogens is 1. The van der Waals surface area contributed by atoms with E-state index in [-0.39, 0.29) is 17.4 Å². The Labute approximate surface area is 100 Å². The van der Waals surface area contributed by atoms with E-state index in [1.807, 2.05) is 0 Å². The Morgan fingerprint density at radius 1 is 1.53 bits per heavy atom. The van der Waals surface area contributed by atoms with Crippen LogP contribution in [-0.4, -0.2) is 33.0 Å². The van der Waals surface area contributed by atoms with Crippen LogP contribution in [0.4, 0.5) is 0 Å². The van der Waals surface area contributed by atoms with Crippen LogP contribution in [-0.2, 0) is 20.1 Å². The predicted molar refractivity (Wildman–Crippen MR) is 61.9 cm³/mol. The molecule has 0 aromatic carbocycles. The number of nitrogens with zero attached hydrogens (tertiary/aromatic N) is 1. The molecular weight excluding hydrogens is 244 g/mol. The van der Waals surface area contributed by atoms with Crippen LogP contribution < -0.4 is 5.32 Å². The van der Waals surface area contributed by atoms with Gasteiger partial charge in [-0.3, -0.25) is 14.0 Å². The molecule has 0 spiro atoms. The highest BCUT2D eigenvalue weighted by atomic mass is 32.2. The summed E-state index contributed by atoms with van der Waals surface area (Å²) in [6.07, 6.45) is 1.39. The van der Waals surface area contributed by atoms with Crippen LogP contribution in [0.5, 0.6) is 0 Å². The molecule has 94 valence electrons. The molecule has 0 radical (unpaired) electrons. The van der Waals surface area contributed by atoms with E-state index in [0.29, 0.717) is 12.1 Å². The smallest absolute Gasteiger partial charge is 0.271 e. The molecule has 7 heteroatoms. The van der Waals surface area contributed by atoms with Crippen LogP contribution in [0.3, 0.4) is 0 Å². The Bertz CT molecular complexity index is 499. The van der Waals surface area contributed by atoms with E-state index < -0.39 is 10.1 Å². The van der Waals surface area contributed by atoms with Crippen molar-refractivity contribution in [1.29, 1.82) is 0 Å².